The van der Waals surface area contributed by atoms with Gasteiger partial charge in [-0.25, -0.2) is 4.98 Å². The Hall–Kier alpha value is -4.93. The number of pyridine rings is 1. The number of imidazole rings is 1. The first-order valence-electron chi connectivity index (χ1n) is 12.1. The minimum Gasteiger partial charge on any atom is -0.497 e. The number of allylic oxidation sites excluding steroid dienone is 1. The van der Waals surface area contributed by atoms with E-state index in [0.717, 1.165) is 23.8 Å². The molecule has 0 aliphatic carbocycles. The second-order valence-corrected chi connectivity index (χ2v) is 8.86. The Kier molecular flexibility index (Phi) is 8.03. The van der Waals surface area contributed by atoms with E-state index in [2.05, 4.69) is 10.3 Å². The lowest BCUT2D eigenvalue weighted by atomic mass is 10.1. The first-order chi connectivity index (χ1) is 19.0. The van der Waals surface area contributed by atoms with Crippen molar-refractivity contribution in [1.82, 2.24) is 14.1 Å². The molecule has 40 heavy (non-hydrogen) atoms. The van der Waals surface area contributed by atoms with E-state index < -0.39 is 23.1 Å². The molecule has 4 aromatic rings. The standard InChI is InChI=1S/C29H25F3N4O4/c1-4-18(2)28(39)33-22-12-13-36(25(37)15-22)24-17-35(16-19-8-10-23(40-3)11-9-19)27(34-24)26(38)20-6-5-7-21(14-20)29(30,31)32/h4-15,17H,16H2,1-3H3,(H,33,39). The predicted octanol–water partition coefficient (Wildman–Crippen LogP) is 5.25. The summed E-state index contributed by atoms with van der Waals surface area (Å²) in [5, 5.41) is 2.63. The van der Waals surface area contributed by atoms with Crippen molar-refractivity contribution in [3.63, 3.8) is 0 Å². The average Bonchev–Trinajstić information content (AvgIpc) is 3.35. The van der Waals surface area contributed by atoms with Gasteiger partial charge in [-0.2, -0.15) is 13.2 Å². The van der Waals surface area contributed by atoms with Gasteiger partial charge in [-0.15, -0.1) is 0 Å². The van der Waals surface area contributed by atoms with E-state index in [1.54, 1.807) is 44.2 Å². The van der Waals surface area contributed by atoms with Gasteiger partial charge >= 0.3 is 6.18 Å². The number of benzene rings is 2. The number of amides is 1. The van der Waals surface area contributed by atoms with E-state index in [1.165, 1.54) is 46.8 Å². The summed E-state index contributed by atoms with van der Waals surface area (Å²) < 4.78 is 47.7. The SMILES string of the molecule is CC=C(C)C(=O)Nc1ccn(-c2cn(Cc3ccc(OC)cc3)c(C(=O)c3cccc(C(F)(F)F)c3)n2)c(=O)c1. The van der Waals surface area contributed by atoms with Crippen LogP contribution in [0.15, 0.2) is 89.5 Å². The predicted molar refractivity (Wildman–Crippen MR) is 143 cm³/mol. The molecule has 0 unspecified atom stereocenters. The minimum atomic E-state index is -4.63. The van der Waals surface area contributed by atoms with Crippen LogP contribution in [0, 0.1) is 0 Å². The molecule has 0 radical (unpaired) electrons. The molecular formula is C29H25F3N4O4. The summed E-state index contributed by atoms with van der Waals surface area (Å²) >= 11 is 0. The Bertz CT molecular complexity index is 1650. The van der Waals surface area contributed by atoms with Gasteiger partial charge in [0.05, 0.1) is 12.7 Å². The Balaban J connectivity index is 1.75. The van der Waals surface area contributed by atoms with Gasteiger partial charge in [0.2, 0.25) is 5.78 Å². The Morgan fingerprint density at radius 3 is 2.42 bits per heavy atom. The van der Waals surface area contributed by atoms with Crippen LogP contribution in [0.4, 0.5) is 18.9 Å². The summed E-state index contributed by atoms with van der Waals surface area (Å²) in [4.78, 5) is 42.8. The van der Waals surface area contributed by atoms with E-state index in [-0.39, 0.29) is 35.3 Å². The van der Waals surface area contributed by atoms with Gasteiger partial charge in [0.1, 0.15) is 5.75 Å². The number of anilines is 1. The van der Waals surface area contributed by atoms with Crippen molar-refractivity contribution in [3.05, 3.63) is 118 Å². The zero-order chi connectivity index (χ0) is 29.0. The van der Waals surface area contributed by atoms with Crippen molar-refractivity contribution in [2.75, 3.05) is 12.4 Å². The fourth-order valence-corrected chi connectivity index (χ4v) is 3.82. The normalized spacial score (nSPS) is 11.8. The Morgan fingerprint density at radius 1 is 1.07 bits per heavy atom. The number of nitrogens with zero attached hydrogens (tertiary/aromatic N) is 3. The van der Waals surface area contributed by atoms with E-state index in [1.807, 2.05) is 0 Å². The third kappa shape index (κ3) is 6.20. The average molecular weight is 551 g/mol. The molecule has 2 aromatic heterocycles. The van der Waals surface area contributed by atoms with E-state index in [0.29, 0.717) is 11.3 Å². The fraction of sp³-hybridized carbons (Fsp3) is 0.172. The van der Waals surface area contributed by atoms with Crippen molar-refractivity contribution in [1.29, 1.82) is 0 Å². The molecule has 0 atom stereocenters. The number of ether oxygens (including phenoxy) is 1. The number of hydrogen-bond acceptors (Lipinski definition) is 5. The second kappa shape index (κ2) is 11.4. The molecule has 0 saturated heterocycles. The molecule has 0 fully saturated rings. The first kappa shape index (κ1) is 28.1. The summed E-state index contributed by atoms with van der Waals surface area (Å²) in [6.07, 6.45) is -0.138. The van der Waals surface area contributed by atoms with Crippen LogP contribution in [0.25, 0.3) is 5.82 Å². The van der Waals surface area contributed by atoms with Crippen LogP contribution in [0.1, 0.15) is 41.2 Å². The summed E-state index contributed by atoms with van der Waals surface area (Å²) in [6, 6.07) is 13.8. The molecule has 1 amide bonds. The van der Waals surface area contributed by atoms with Gasteiger partial charge < -0.3 is 14.6 Å². The lowest BCUT2D eigenvalue weighted by molar-refractivity contribution is -0.137. The monoisotopic (exact) mass is 550 g/mol. The van der Waals surface area contributed by atoms with Gasteiger partial charge in [0.25, 0.3) is 11.5 Å². The molecule has 206 valence electrons. The number of nitrogens with one attached hydrogen (secondary N) is 1. The molecule has 0 aliphatic rings. The highest BCUT2D eigenvalue weighted by molar-refractivity contribution is 6.07. The summed E-state index contributed by atoms with van der Waals surface area (Å²) in [6.45, 7) is 3.49. The third-order valence-electron chi connectivity index (χ3n) is 6.15. The molecule has 0 aliphatic heterocycles. The lowest BCUT2D eigenvalue weighted by Gasteiger charge is -2.10. The first-order valence-corrected chi connectivity index (χ1v) is 12.1. The zero-order valence-corrected chi connectivity index (χ0v) is 21.8. The fourth-order valence-electron chi connectivity index (χ4n) is 3.82. The molecule has 2 heterocycles. The molecule has 2 aromatic carbocycles. The maximum Gasteiger partial charge on any atom is 0.416 e. The van der Waals surface area contributed by atoms with Crippen molar-refractivity contribution >= 4 is 17.4 Å². The van der Waals surface area contributed by atoms with Gasteiger partial charge in [0.15, 0.2) is 11.6 Å². The van der Waals surface area contributed by atoms with Gasteiger partial charge in [-0.05, 0) is 49.7 Å². The van der Waals surface area contributed by atoms with E-state index in [4.69, 9.17) is 4.74 Å². The quantitative estimate of drug-likeness (QED) is 0.239. The smallest absolute Gasteiger partial charge is 0.416 e. The number of aromatic nitrogens is 3. The maximum atomic E-state index is 13.4. The third-order valence-corrected chi connectivity index (χ3v) is 6.15. The van der Waals surface area contributed by atoms with E-state index >= 15 is 0 Å². The molecule has 1 N–H and O–H groups in total. The van der Waals surface area contributed by atoms with Crippen molar-refractivity contribution in [2.24, 2.45) is 0 Å². The van der Waals surface area contributed by atoms with E-state index in [9.17, 15) is 27.6 Å². The van der Waals surface area contributed by atoms with Gasteiger partial charge in [0, 0.05) is 41.8 Å². The van der Waals surface area contributed by atoms with Crippen LogP contribution < -0.4 is 15.6 Å². The van der Waals surface area contributed by atoms with Crippen LogP contribution in [0.5, 0.6) is 5.75 Å². The van der Waals surface area contributed by atoms with Crippen molar-refractivity contribution in [2.45, 2.75) is 26.6 Å². The zero-order valence-electron chi connectivity index (χ0n) is 21.8. The van der Waals surface area contributed by atoms with Crippen LogP contribution in [-0.2, 0) is 17.5 Å². The number of carbonyl (C=O) groups is 2. The topological polar surface area (TPSA) is 95.2 Å². The Morgan fingerprint density at radius 2 is 1.80 bits per heavy atom. The minimum absolute atomic E-state index is 0.0800. The van der Waals surface area contributed by atoms with Crippen molar-refractivity contribution in [3.8, 4) is 11.6 Å². The summed E-state index contributed by atoms with van der Waals surface area (Å²) in [5.41, 5.74) is -0.207. The second-order valence-electron chi connectivity index (χ2n) is 8.86. The lowest BCUT2D eigenvalue weighted by Crippen LogP contribution is -2.20. The number of hydrogen-bond donors (Lipinski definition) is 1. The molecule has 8 nitrogen and oxygen atoms in total. The highest BCUT2D eigenvalue weighted by atomic mass is 19.4. The molecular weight excluding hydrogens is 525 g/mol. The molecule has 11 heteroatoms. The number of halogens is 3. The number of methoxy groups -OCH3 is 1. The summed E-state index contributed by atoms with van der Waals surface area (Å²) in [7, 11) is 1.53. The maximum absolute atomic E-state index is 13.4. The summed E-state index contributed by atoms with van der Waals surface area (Å²) in [5.74, 6) is -0.560. The number of carbonyl (C=O) groups excluding carboxylic acids is 2. The number of alkyl halides is 3. The highest BCUT2D eigenvalue weighted by Gasteiger charge is 2.31. The number of rotatable bonds is 8. The van der Waals surface area contributed by atoms with Crippen molar-refractivity contribution < 1.29 is 27.5 Å². The molecule has 0 saturated carbocycles. The molecule has 0 spiro atoms. The molecule has 0 bridgehead atoms. The van der Waals surface area contributed by atoms with Crippen LogP contribution in [-0.4, -0.2) is 32.9 Å². The molecule has 4 rings (SSSR count). The van der Waals surface area contributed by atoms with Gasteiger partial charge in [-0.1, -0.05) is 30.3 Å². The van der Waals surface area contributed by atoms with Crippen LogP contribution in [0.3, 0.4) is 0 Å². The number of ketones is 1. The van der Waals surface area contributed by atoms with Crippen LogP contribution >= 0.6 is 0 Å². The van der Waals surface area contributed by atoms with Gasteiger partial charge in [-0.3, -0.25) is 19.0 Å². The largest absolute Gasteiger partial charge is 0.497 e. The van der Waals surface area contributed by atoms with Crippen LogP contribution in [0.2, 0.25) is 0 Å². The Labute approximate surface area is 227 Å². The highest BCUT2D eigenvalue weighted by Crippen LogP contribution is 2.30.